The first-order valence-corrected chi connectivity index (χ1v) is 16.1. The van der Waals surface area contributed by atoms with Crippen LogP contribution in [0.5, 0.6) is 0 Å². The molecular formula is C45H31N3. The Morgan fingerprint density at radius 2 is 0.625 bits per heavy atom. The van der Waals surface area contributed by atoms with E-state index in [0.29, 0.717) is 5.82 Å². The van der Waals surface area contributed by atoms with E-state index in [1.54, 1.807) is 0 Å². The van der Waals surface area contributed by atoms with E-state index in [9.17, 15) is 0 Å². The van der Waals surface area contributed by atoms with Crippen molar-refractivity contribution in [2.75, 3.05) is 0 Å². The molecule has 0 N–H and O–H groups in total. The molecule has 8 aromatic rings. The zero-order chi connectivity index (χ0) is 32.1. The molecule has 0 aliphatic heterocycles. The number of aromatic nitrogens is 3. The van der Waals surface area contributed by atoms with Crippen molar-refractivity contribution in [2.45, 2.75) is 0 Å². The van der Waals surface area contributed by atoms with Crippen LogP contribution < -0.4 is 0 Å². The van der Waals surface area contributed by atoms with Crippen LogP contribution in [0.3, 0.4) is 0 Å². The van der Waals surface area contributed by atoms with Crippen LogP contribution in [0.4, 0.5) is 0 Å². The molecule has 48 heavy (non-hydrogen) atoms. The lowest BCUT2D eigenvalue weighted by molar-refractivity contribution is 1.18. The zero-order valence-corrected chi connectivity index (χ0v) is 26.2. The Balaban J connectivity index is 1.28. The summed E-state index contributed by atoms with van der Waals surface area (Å²) in [5.74, 6) is 0.685. The van der Waals surface area contributed by atoms with Crippen LogP contribution in [0, 0.1) is 0 Å². The molecule has 0 saturated carbocycles. The average molecular weight is 614 g/mol. The highest BCUT2D eigenvalue weighted by molar-refractivity contribution is 5.82. The molecule has 0 aliphatic carbocycles. The van der Waals surface area contributed by atoms with E-state index < -0.39 is 0 Å². The second-order valence-corrected chi connectivity index (χ2v) is 11.7. The molecule has 0 amide bonds. The third kappa shape index (κ3) is 6.18. The predicted octanol–water partition coefficient (Wildman–Crippen LogP) is 11.5. The Hall–Kier alpha value is -6.45. The van der Waals surface area contributed by atoms with Crippen molar-refractivity contribution >= 4 is 0 Å². The summed E-state index contributed by atoms with van der Waals surface area (Å²) in [5, 5.41) is 0. The molecule has 2 aromatic heterocycles. The monoisotopic (exact) mass is 613 g/mol. The largest absolute Gasteiger partial charge is 0.256 e. The van der Waals surface area contributed by atoms with Gasteiger partial charge < -0.3 is 0 Å². The van der Waals surface area contributed by atoms with Gasteiger partial charge in [0.1, 0.15) is 0 Å². The molecule has 8 rings (SSSR count). The van der Waals surface area contributed by atoms with E-state index >= 15 is 0 Å². The fourth-order valence-electron chi connectivity index (χ4n) is 6.03. The fraction of sp³-hybridized carbons (Fsp3) is 0. The van der Waals surface area contributed by atoms with Crippen LogP contribution in [0.2, 0.25) is 0 Å². The maximum absolute atomic E-state index is 5.16. The Morgan fingerprint density at radius 1 is 0.250 bits per heavy atom. The van der Waals surface area contributed by atoms with Crippen molar-refractivity contribution in [1.29, 1.82) is 0 Å². The normalized spacial score (nSPS) is 10.9. The maximum Gasteiger partial charge on any atom is 0.160 e. The molecule has 3 heteroatoms. The second-order valence-electron chi connectivity index (χ2n) is 11.7. The first-order valence-electron chi connectivity index (χ1n) is 16.1. The molecule has 0 fully saturated rings. The third-order valence-electron chi connectivity index (χ3n) is 8.56. The lowest BCUT2D eigenvalue weighted by Gasteiger charge is -2.13. The van der Waals surface area contributed by atoms with E-state index in [4.69, 9.17) is 9.97 Å². The summed E-state index contributed by atoms with van der Waals surface area (Å²) < 4.78 is 0. The highest BCUT2D eigenvalue weighted by Gasteiger charge is 2.14. The van der Waals surface area contributed by atoms with E-state index in [-0.39, 0.29) is 0 Å². The van der Waals surface area contributed by atoms with Gasteiger partial charge in [-0.25, -0.2) is 9.97 Å². The van der Waals surface area contributed by atoms with Gasteiger partial charge in [-0.05, 0) is 69.8 Å². The van der Waals surface area contributed by atoms with Crippen LogP contribution >= 0.6 is 0 Å². The van der Waals surface area contributed by atoms with Crippen molar-refractivity contribution < 1.29 is 0 Å². The minimum atomic E-state index is 0.685. The van der Waals surface area contributed by atoms with Crippen molar-refractivity contribution in [3.05, 3.63) is 188 Å². The quantitative estimate of drug-likeness (QED) is 0.179. The molecule has 0 bridgehead atoms. The summed E-state index contributed by atoms with van der Waals surface area (Å²) >= 11 is 0. The van der Waals surface area contributed by atoms with Crippen LogP contribution in [0.25, 0.3) is 78.5 Å². The predicted molar refractivity (Wildman–Crippen MR) is 198 cm³/mol. The van der Waals surface area contributed by atoms with Crippen LogP contribution in [-0.2, 0) is 0 Å². The van der Waals surface area contributed by atoms with Gasteiger partial charge in [0, 0.05) is 28.5 Å². The van der Waals surface area contributed by atoms with Gasteiger partial charge in [-0.1, -0.05) is 146 Å². The third-order valence-corrected chi connectivity index (χ3v) is 8.56. The van der Waals surface area contributed by atoms with E-state index in [1.807, 2.05) is 66.9 Å². The van der Waals surface area contributed by atoms with Gasteiger partial charge in [-0.15, -0.1) is 0 Å². The van der Waals surface area contributed by atoms with E-state index in [0.717, 1.165) is 61.6 Å². The van der Waals surface area contributed by atoms with Gasteiger partial charge in [0.2, 0.25) is 0 Å². The number of benzene rings is 6. The number of hydrogen-bond acceptors (Lipinski definition) is 3. The Bertz CT molecular complexity index is 2120. The smallest absolute Gasteiger partial charge is 0.160 e. The summed E-state index contributed by atoms with van der Waals surface area (Å²) in [4.78, 5) is 14.9. The lowest BCUT2D eigenvalue weighted by Crippen LogP contribution is -1.97. The average Bonchev–Trinajstić information content (AvgIpc) is 3.19. The second kappa shape index (κ2) is 13.1. The molecule has 3 nitrogen and oxygen atoms in total. The molecular weight excluding hydrogens is 583 g/mol. The van der Waals surface area contributed by atoms with Crippen molar-refractivity contribution in [1.82, 2.24) is 15.0 Å². The van der Waals surface area contributed by atoms with Gasteiger partial charge in [-0.3, -0.25) is 4.98 Å². The number of pyridine rings is 1. The van der Waals surface area contributed by atoms with Crippen LogP contribution in [-0.4, -0.2) is 15.0 Å². The molecule has 226 valence electrons. The Labute approximate surface area is 280 Å². The van der Waals surface area contributed by atoms with Crippen molar-refractivity contribution in [3.63, 3.8) is 0 Å². The maximum atomic E-state index is 5.16. The summed E-state index contributed by atoms with van der Waals surface area (Å²) in [6.07, 6.45) is 1.83. The molecule has 2 heterocycles. The molecule has 0 spiro atoms. The molecule has 0 aliphatic rings. The molecule has 0 unspecified atom stereocenters. The van der Waals surface area contributed by atoms with Crippen LogP contribution in [0.1, 0.15) is 0 Å². The molecule has 6 aromatic carbocycles. The Kier molecular flexibility index (Phi) is 7.92. The van der Waals surface area contributed by atoms with Gasteiger partial charge in [0.05, 0.1) is 17.1 Å². The first kappa shape index (κ1) is 29.0. The standard InChI is InChI=1S/C45H31N3/c1-4-12-32(13-5-1)33-19-21-34(22-20-33)39-28-40(35-23-25-38(26-24-35)42-18-10-11-27-46-42)30-41(29-39)45-47-43(36-14-6-2-7-15-36)31-44(48-45)37-16-8-3-9-17-37/h1-31H. The SMILES string of the molecule is c1ccc(-c2ccc(-c3cc(-c4ccc(-c5ccccn5)cc4)cc(-c4nc(-c5ccccc5)cc(-c5ccccc5)n4)c3)cc2)cc1. The molecule has 0 atom stereocenters. The summed E-state index contributed by atoms with van der Waals surface area (Å²) in [5.41, 5.74) is 13.7. The zero-order valence-electron chi connectivity index (χ0n) is 26.2. The topological polar surface area (TPSA) is 38.7 Å². The van der Waals surface area contributed by atoms with Gasteiger partial charge in [0.15, 0.2) is 5.82 Å². The van der Waals surface area contributed by atoms with Gasteiger partial charge >= 0.3 is 0 Å². The van der Waals surface area contributed by atoms with E-state index in [2.05, 4.69) is 126 Å². The van der Waals surface area contributed by atoms with Gasteiger partial charge in [-0.2, -0.15) is 0 Å². The fourth-order valence-corrected chi connectivity index (χ4v) is 6.03. The number of rotatable bonds is 7. The minimum Gasteiger partial charge on any atom is -0.256 e. The number of nitrogens with zero attached hydrogens (tertiary/aromatic N) is 3. The first-order chi connectivity index (χ1) is 23.8. The minimum absolute atomic E-state index is 0.685. The Morgan fingerprint density at radius 3 is 1.10 bits per heavy atom. The summed E-state index contributed by atoms with van der Waals surface area (Å²) in [7, 11) is 0. The summed E-state index contributed by atoms with van der Waals surface area (Å²) in [6.45, 7) is 0. The van der Waals surface area contributed by atoms with Crippen molar-refractivity contribution in [3.8, 4) is 78.5 Å². The molecule has 0 radical (unpaired) electrons. The lowest BCUT2D eigenvalue weighted by atomic mass is 9.94. The highest BCUT2D eigenvalue weighted by Crippen LogP contribution is 2.35. The van der Waals surface area contributed by atoms with E-state index in [1.165, 1.54) is 11.1 Å². The van der Waals surface area contributed by atoms with Gasteiger partial charge in [0.25, 0.3) is 0 Å². The molecule has 0 saturated heterocycles. The van der Waals surface area contributed by atoms with Crippen molar-refractivity contribution in [2.24, 2.45) is 0 Å². The van der Waals surface area contributed by atoms with Crippen LogP contribution in [0.15, 0.2) is 188 Å². The number of hydrogen-bond donors (Lipinski definition) is 0. The summed E-state index contributed by atoms with van der Waals surface area (Å²) in [6, 6.07) is 63.3. The highest BCUT2D eigenvalue weighted by atomic mass is 14.9.